The highest BCUT2D eigenvalue weighted by Crippen LogP contribution is 2.56. The second kappa shape index (κ2) is 9.35. The summed E-state index contributed by atoms with van der Waals surface area (Å²) in [6.07, 6.45) is 0.501. The zero-order chi connectivity index (χ0) is 21.8. The Morgan fingerprint density at radius 1 is 1.04 bits per heavy atom. The molecule has 1 unspecified atom stereocenters. The van der Waals surface area contributed by atoms with Crippen LogP contribution in [0.15, 0.2) is 0 Å². The number of ether oxygens (including phenoxy) is 2. The van der Waals surface area contributed by atoms with Crippen LogP contribution in [0, 0.1) is 10.8 Å². The van der Waals surface area contributed by atoms with Crippen molar-refractivity contribution >= 4 is 25.4 Å². The van der Waals surface area contributed by atoms with Crippen LogP contribution in [-0.2, 0) is 37.5 Å². The molecule has 0 aromatic carbocycles. The Labute approximate surface area is 164 Å². The number of nitrogens with zero attached hydrogens (tertiary/aromatic N) is 1. The lowest BCUT2D eigenvalue weighted by molar-refractivity contribution is -0.170. The number of carbonyl (C=O) groups excluding carboxylic acids is 3. The van der Waals surface area contributed by atoms with Crippen molar-refractivity contribution in [2.75, 3.05) is 20.1 Å². The summed E-state index contributed by atoms with van der Waals surface area (Å²) in [6.45, 7) is 8.45. The normalized spacial score (nSPS) is 18.8. The average molecular weight is 423 g/mol. The van der Waals surface area contributed by atoms with Gasteiger partial charge in [0.15, 0.2) is 0 Å². The van der Waals surface area contributed by atoms with Gasteiger partial charge in [0, 0.05) is 6.54 Å². The SMILES string of the molecule is CC(C)(C)C(=O)OCOP(=O)(OCOC(=O)C(C)(C)C)C1CCCN(O)C1=O. The Bertz CT molecular complexity index is 600. The van der Waals surface area contributed by atoms with Crippen molar-refractivity contribution in [3.05, 3.63) is 0 Å². The molecule has 0 aromatic heterocycles. The topological polar surface area (TPSA) is 129 Å². The van der Waals surface area contributed by atoms with Crippen molar-refractivity contribution in [1.82, 2.24) is 5.06 Å². The third-order valence-corrected chi connectivity index (χ3v) is 6.01. The zero-order valence-corrected chi connectivity index (χ0v) is 18.1. The van der Waals surface area contributed by atoms with Gasteiger partial charge in [0.1, 0.15) is 5.66 Å². The molecule has 0 aliphatic carbocycles. The minimum atomic E-state index is -4.21. The molecule has 1 N–H and O–H groups in total. The summed E-state index contributed by atoms with van der Waals surface area (Å²) in [5.41, 5.74) is -2.91. The van der Waals surface area contributed by atoms with Crippen molar-refractivity contribution in [3.8, 4) is 0 Å². The molecule has 0 saturated carbocycles. The molecule has 0 spiro atoms. The Morgan fingerprint density at radius 2 is 1.46 bits per heavy atom. The molecule has 162 valence electrons. The number of rotatable bonds is 7. The molecule has 1 saturated heterocycles. The number of amides is 1. The fourth-order valence-corrected chi connectivity index (χ4v) is 3.83. The fraction of sp³-hybridized carbons (Fsp3) is 0.824. The predicted octanol–water partition coefficient (Wildman–Crippen LogP) is 2.69. The molecule has 1 fully saturated rings. The molecule has 0 aromatic rings. The molecule has 10 nitrogen and oxygen atoms in total. The molecule has 1 rings (SSSR count). The molecule has 1 aliphatic rings. The molecule has 1 amide bonds. The minimum Gasteiger partial charge on any atom is -0.438 e. The van der Waals surface area contributed by atoms with Gasteiger partial charge in [0.2, 0.25) is 13.6 Å². The lowest BCUT2D eigenvalue weighted by Crippen LogP contribution is -2.42. The number of hydroxylamine groups is 2. The van der Waals surface area contributed by atoms with Crippen LogP contribution < -0.4 is 0 Å². The van der Waals surface area contributed by atoms with E-state index in [1.807, 2.05) is 0 Å². The van der Waals surface area contributed by atoms with E-state index in [-0.39, 0.29) is 13.0 Å². The van der Waals surface area contributed by atoms with Gasteiger partial charge in [-0.25, -0.2) is 5.06 Å². The van der Waals surface area contributed by atoms with Gasteiger partial charge in [-0.05, 0) is 54.4 Å². The van der Waals surface area contributed by atoms with Crippen LogP contribution in [0.3, 0.4) is 0 Å². The summed E-state index contributed by atoms with van der Waals surface area (Å²) < 4.78 is 33.4. The molecule has 1 atom stereocenters. The monoisotopic (exact) mass is 423 g/mol. The maximum atomic E-state index is 13.2. The van der Waals surface area contributed by atoms with Crippen molar-refractivity contribution in [3.63, 3.8) is 0 Å². The summed E-state index contributed by atoms with van der Waals surface area (Å²) in [7, 11) is -4.21. The summed E-state index contributed by atoms with van der Waals surface area (Å²) in [5, 5.41) is 10.1. The van der Waals surface area contributed by atoms with E-state index < -0.39 is 55.5 Å². The standard InChI is InChI=1S/C17H30NO9P/c1-16(2,3)14(20)24-10-26-28(23,12-8-7-9-18(22)13(12)19)27-11-25-15(21)17(4,5)6/h12,22H,7-11H2,1-6H3. The third kappa shape index (κ3) is 6.84. The smallest absolute Gasteiger partial charge is 0.348 e. The van der Waals surface area contributed by atoms with Gasteiger partial charge in [-0.1, -0.05) is 0 Å². The maximum Gasteiger partial charge on any atom is 0.348 e. The van der Waals surface area contributed by atoms with Crippen LogP contribution in [0.4, 0.5) is 0 Å². The Hall–Kier alpha value is -1.48. The Balaban J connectivity index is 2.84. The van der Waals surface area contributed by atoms with E-state index in [0.717, 1.165) is 0 Å². The van der Waals surface area contributed by atoms with E-state index >= 15 is 0 Å². The van der Waals surface area contributed by atoms with Crippen LogP contribution in [0.2, 0.25) is 0 Å². The summed E-state index contributed by atoms with van der Waals surface area (Å²) >= 11 is 0. The number of hydrogen-bond acceptors (Lipinski definition) is 9. The molecular weight excluding hydrogens is 393 g/mol. The number of hydrogen-bond donors (Lipinski definition) is 1. The minimum absolute atomic E-state index is 0.0906. The predicted molar refractivity (Wildman–Crippen MR) is 97.1 cm³/mol. The fourth-order valence-electron chi connectivity index (χ4n) is 2.09. The van der Waals surface area contributed by atoms with Crippen molar-refractivity contribution in [2.45, 2.75) is 60.0 Å². The molecule has 0 bridgehead atoms. The first-order chi connectivity index (χ1) is 12.7. The molecule has 1 aliphatic heterocycles. The Kier molecular flexibility index (Phi) is 8.20. The molecule has 0 radical (unpaired) electrons. The lowest BCUT2D eigenvalue weighted by Gasteiger charge is -2.32. The van der Waals surface area contributed by atoms with E-state index in [9.17, 15) is 24.2 Å². The lowest BCUT2D eigenvalue weighted by atomic mass is 9.98. The van der Waals surface area contributed by atoms with Gasteiger partial charge in [-0.2, -0.15) is 0 Å². The van der Waals surface area contributed by atoms with E-state index in [4.69, 9.17) is 18.5 Å². The third-order valence-electron chi connectivity index (χ3n) is 3.84. The zero-order valence-electron chi connectivity index (χ0n) is 17.2. The highest BCUT2D eigenvalue weighted by Gasteiger charge is 2.46. The van der Waals surface area contributed by atoms with Crippen molar-refractivity contribution < 1.29 is 42.7 Å². The average Bonchev–Trinajstić information content (AvgIpc) is 2.55. The van der Waals surface area contributed by atoms with Gasteiger partial charge in [0.25, 0.3) is 5.91 Å². The van der Waals surface area contributed by atoms with Gasteiger partial charge in [0.05, 0.1) is 10.8 Å². The molecule has 28 heavy (non-hydrogen) atoms. The largest absolute Gasteiger partial charge is 0.438 e. The Morgan fingerprint density at radius 3 is 1.86 bits per heavy atom. The number of esters is 2. The summed E-state index contributed by atoms with van der Waals surface area (Å²) in [5.74, 6) is -2.03. The van der Waals surface area contributed by atoms with E-state index in [2.05, 4.69) is 0 Å². The first-order valence-corrected chi connectivity index (χ1v) is 10.5. The van der Waals surface area contributed by atoms with Crippen LogP contribution in [0.5, 0.6) is 0 Å². The van der Waals surface area contributed by atoms with Gasteiger partial charge in [-0.15, -0.1) is 0 Å². The molecular formula is C17H30NO9P. The van der Waals surface area contributed by atoms with Crippen LogP contribution >= 0.6 is 7.60 Å². The number of carbonyl (C=O) groups is 3. The molecule has 1 heterocycles. The van der Waals surface area contributed by atoms with E-state index in [1.165, 1.54) is 0 Å². The second-order valence-corrected chi connectivity index (χ2v) is 10.7. The first kappa shape index (κ1) is 24.6. The van der Waals surface area contributed by atoms with Crippen molar-refractivity contribution in [2.24, 2.45) is 10.8 Å². The second-order valence-electron chi connectivity index (χ2n) is 8.52. The van der Waals surface area contributed by atoms with Crippen LogP contribution in [0.1, 0.15) is 54.4 Å². The number of piperidine rings is 1. The van der Waals surface area contributed by atoms with Gasteiger partial charge in [-0.3, -0.25) is 33.2 Å². The van der Waals surface area contributed by atoms with Gasteiger partial charge >= 0.3 is 19.5 Å². The van der Waals surface area contributed by atoms with Crippen LogP contribution in [-0.4, -0.2) is 53.9 Å². The summed E-state index contributed by atoms with van der Waals surface area (Å²) in [4.78, 5) is 35.9. The first-order valence-electron chi connectivity index (χ1n) is 8.92. The highest BCUT2D eigenvalue weighted by atomic mass is 31.2. The van der Waals surface area contributed by atoms with Crippen LogP contribution in [0.25, 0.3) is 0 Å². The van der Waals surface area contributed by atoms with E-state index in [0.29, 0.717) is 11.5 Å². The van der Waals surface area contributed by atoms with Gasteiger partial charge < -0.3 is 9.47 Å². The quantitative estimate of drug-likeness (QED) is 0.284. The highest BCUT2D eigenvalue weighted by molar-refractivity contribution is 7.55. The summed E-state index contributed by atoms with van der Waals surface area (Å²) in [6, 6.07) is 0. The van der Waals surface area contributed by atoms with E-state index in [1.54, 1.807) is 41.5 Å². The van der Waals surface area contributed by atoms with Crippen molar-refractivity contribution in [1.29, 1.82) is 0 Å². The molecule has 11 heteroatoms. The maximum absolute atomic E-state index is 13.2.